The zero-order valence-corrected chi connectivity index (χ0v) is 21.5. The minimum Gasteiger partial charge on any atom is -0.334 e. The zero-order chi connectivity index (χ0) is 24.2. The zero-order valence-electron chi connectivity index (χ0n) is 20.7. The average molecular weight is 470 g/mol. The van der Waals surface area contributed by atoms with Gasteiger partial charge < -0.3 is 15.1 Å². The first-order valence-corrected chi connectivity index (χ1v) is 12.7. The SMILES string of the molecule is CC(=O)SC[C@H](Cc1ccc(-c2ccccc2)cc1)NC(=O)N(CCC(C)C)CCN(C)C. The van der Waals surface area contributed by atoms with Crippen LogP contribution in [-0.2, 0) is 11.2 Å². The largest absolute Gasteiger partial charge is 0.334 e. The maximum atomic E-state index is 13.2. The second kappa shape index (κ2) is 14.1. The van der Waals surface area contributed by atoms with Crippen molar-refractivity contribution in [3.8, 4) is 11.1 Å². The van der Waals surface area contributed by atoms with Crippen LogP contribution in [0.15, 0.2) is 54.6 Å². The maximum absolute atomic E-state index is 13.2. The molecule has 5 nitrogen and oxygen atoms in total. The molecule has 0 unspecified atom stereocenters. The van der Waals surface area contributed by atoms with Crippen molar-refractivity contribution in [1.82, 2.24) is 15.1 Å². The lowest BCUT2D eigenvalue weighted by Crippen LogP contribution is -2.49. The highest BCUT2D eigenvalue weighted by atomic mass is 32.2. The van der Waals surface area contributed by atoms with Crippen LogP contribution in [0.25, 0.3) is 11.1 Å². The summed E-state index contributed by atoms with van der Waals surface area (Å²) in [5, 5.41) is 3.28. The van der Waals surface area contributed by atoms with Gasteiger partial charge in [0.2, 0.25) is 0 Å². The summed E-state index contributed by atoms with van der Waals surface area (Å²) in [5.74, 6) is 1.10. The molecule has 0 fully saturated rings. The Hall–Kier alpha value is -2.31. The Labute approximate surface area is 203 Å². The molecule has 0 saturated carbocycles. The number of carbonyl (C=O) groups excluding carboxylic acids is 2. The Kier molecular flexibility index (Phi) is 11.5. The minimum absolute atomic E-state index is 0.0486. The predicted octanol–water partition coefficient (Wildman–Crippen LogP) is 5.16. The second-order valence-corrected chi connectivity index (χ2v) is 10.4. The van der Waals surface area contributed by atoms with Gasteiger partial charge in [0.05, 0.1) is 0 Å². The summed E-state index contributed by atoms with van der Waals surface area (Å²) in [4.78, 5) is 28.8. The van der Waals surface area contributed by atoms with Crippen LogP contribution >= 0.6 is 11.8 Å². The second-order valence-electron chi connectivity index (χ2n) is 9.19. The van der Waals surface area contributed by atoms with Crippen LogP contribution in [0, 0.1) is 5.92 Å². The fraction of sp³-hybridized carbons (Fsp3) is 0.481. The van der Waals surface area contributed by atoms with Crippen molar-refractivity contribution in [3.63, 3.8) is 0 Å². The van der Waals surface area contributed by atoms with Crippen LogP contribution < -0.4 is 5.32 Å². The molecule has 1 atom stereocenters. The van der Waals surface area contributed by atoms with Crippen LogP contribution in [0.5, 0.6) is 0 Å². The Morgan fingerprint density at radius 3 is 2.12 bits per heavy atom. The molecule has 0 aromatic heterocycles. The van der Waals surface area contributed by atoms with Gasteiger partial charge in [-0.2, -0.15) is 0 Å². The molecule has 0 aliphatic rings. The number of hydrogen-bond donors (Lipinski definition) is 1. The fourth-order valence-corrected chi connectivity index (χ4v) is 4.07. The molecule has 2 amide bonds. The number of carbonyl (C=O) groups is 2. The van der Waals surface area contributed by atoms with Crippen LogP contribution in [-0.4, -0.2) is 66.5 Å². The van der Waals surface area contributed by atoms with Crippen LogP contribution in [0.2, 0.25) is 0 Å². The monoisotopic (exact) mass is 469 g/mol. The molecule has 2 rings (SSSR count). The smallest absolute Gasteiger partial charge is 0.317 e. The molecule has 0 bridgehead atoms. The van der Waals surface area contributed by atoms with E-state index in [9.17, 15) is 9.59 Å². The van der Waals surface area contributed by atoms with Crippen molar-refractivity contribution in [3.05, 3.63) is 60.2 Å². The van der Waals surface area contributed by atoms with E-state index in [4.69, 9.17) is 0 Å². The summed E-state index contributed by atoms with van der Waals surface area (Å²) in [7, 11) is 4.04. The standard InChI is InChI=1S/C27H39N3O2S/c1-21(2)15-16-30(18-17-29(4)5)27(32)28-26(20-33-22(3)31)19-23-11-13-25(14-12-23)24-9-7-6-8-10-24/h6-14,21,26H,15-20H2,1-5H3,(H,28,32)/t26-/m0/s1. The van der Waals surface area contributed by atoms with Gasteiger partial charge >= 0.3 is 6.03 Å². The number of likely N-dealkylation sites (N-methyl/N-ethyl adjacent to an activating group) is 1. The van der Waals surface area contributed by atoms with Crippen LogP contribution in [0.4, 0.5) is 4.79 Å². The predicted molar refractivity (Wildman–Crippen MR) is 141 cm³/mol. The molecule has 180 valence electrons. The van der Waals surface area contributed by atoms with Crippen molar-refractivity contribution in [1.29, 1.82) is 0 Å². The van der Waals surface area contributed by atoms with E-state index in [-0.39, 0.29) is 17.2 Å². The molecule has 0 spiro atoms. The molecular weight excluding hydrogens is 430 g/mol. The topological polar surface area (TPSA) is 52.7 Å². The van der Waals surface area contributed by atoms with Gasteiger partial charge in [-0.25, -0.2) is 4.79 Å². The third-order valence-corrected chi connectivity index (χ3v) is 6.41. The molecular formula is C27H39N3O2S. The van der Waals surface area contributed by atoms with Gasteiger partial charge in [0.1, 0.15) is 0 Å². The highest BCUT2D eigenvalue weighted by molar-refractivity contribution is 8.13. The first-order valence-electron chi connectivity index (χ1n) is 11.7. The number of hydrogen-bond acceptors (Lipinski definition) is 4. The number of thioether (sulfide) groups is 1. The Balaban J connectivity index is 2.08. The van der Waals surface area contributed by atoms with Crippen molar-refractivity contribution < 1.29 is 9.59 Å². The van der Waals surface area contributed by atoms with E-state index in [0.29, 0.717) is 24.6 Å². The van der Waals surface area contributed by atoms with E-state index < -0.39 is 0 Å². The minimum atomic E-state index is -0.116. The van der Waals surface area contributed by atoms with Gasteiger partial charge in [-0.05, 0) is 49.5 Å². The Morgan fingerprint density at radius 2 is 1.55 bits per heavy atom. The maximum Gasteiger partial charge on any atom is 0.317 e. The fourth-order valence-electron chi connectivity index (χ4n) is 3.43. The quantitative estimate of drug-likeness (QED) is 0.466. The van der Waals surface area contributed by atoms with E-state index in [2.05, 4.69) is 60.5 Å². The van der Waals surface area contributed by atoms with E-state index in [1.807, 2.05) is 37.2 Å². The normalized spacial score (nSPS) is 12.1. The van der Waals surface area contributed by atoms with Crippen LogP contribution in [0.3, 0.4) is 0 Å². The van der Waals surface area contributed by atoms with Crippen molar-refractivity contribution in [2.45, 2.75) is 39.7 Å². The lowest BCUT2D eigenvalue weighted by Gasteiger charge is -2.28. The first-order chi connectivity index (χ1) is 15.7. The molecule has 6 heteroatoms. The van der Waals surface area contributed by atoms with Gasteiger partial charge in [-0.15, -0.1) is 0 Å². The van der Waals surface area contributed by atoms with Gasteiger partial charge in [-0.3, -0.25) is 4.79 Å². The number of rotatable bonds is 12. The van der Waals surface area contributed by atoms with Gasteiger partial charge in [0, 0.05) is 38.4 Å². The number of nitrogens with one attached hydrogen (secondary N) is 1. The Morgan fingerprint density at radius 1 is 0.909 bits per heavy atom. The summed E-state index contributed by atoms with van der Waals surface area (Å²) in [5.41, 5.74) is 3.50. The lowest BCUT2D eigenvalue weighted by atomic mass is 10.0. The molecule has 0 aliphatic carbocycles. The van der Waals surface area contributed by atoms with Gasteiger partial charge in [0.25, 0.3) is 0 Å². The number of urea groups is 1. The van der Waals surface area contributed by atoms with E-state index >= 15 is 0 Å². The third-order valence-electron chi connectivity index (χ3n) is 5.44. The van der Waals surface area contributed by atoms with Crippen molar-refractivity contribution in [2.24, 2.45) is 5.92 Å². The highest BCUT2D eigenvalue weighted by Gasteiger charge is 2.20. The molecule has 0 heterocycles. The molecule has 33 heavy (non-hydrogen) atoms. The summed E-state index contributed by atoms with van der Waals surface area (Å²) in [6.07, 6.45) is 1.65. The highest BCUT2D eigenvalue weighted by Crippen LogP contribution is 2.20. The number of nitrogens with zero attached hydrogens (tertiary/aromatic N) is 2. The first kappa shape index (κ1) is 26.9. The van der Waals surface area contributed by atoms with E-state index in [0.717, 1.165) is 25.1 Å². The van der Waals surface area contributed by atoms with Crippen LogP contribution in [0.1, 0.15) is 32.8 Å². The molecule has 1 N–H and O–H groups in total. The third kappa shape index (κ3) is 10.4. The van der Waals surface area contributed by atoms with E-state index in [1.54, 1.807) is 6.92 Å². The molecule has 0 aliphatic heterocycles. The number of benzene rings is 2. The number of amides is 2. The summed E-state index contributed by atoms with van der Waals surface area (Å²) in [6, 6.07) is 18.6. The average Bonchev–Trinajstić information content (AvgIpc) is 2.78. The molecule has 0 saturated heterocycles. The van der Waals surface area contributed by atoms with E-state index in [1.165, 1.54) is 22.9 Å². The molecule has 0 radical (unpaired) electrons. The van der Waals surface area contributed by atoms with Gasteiger partial charge in [-0.1, -0.05) is 80.2 Å². The molecule has 2 aromatic rings. The van der Waals surface area contributed by atoms with Gasteiger partial charge in [0.15, 0.2) is 5.12 Å². The summed E-state index contributed by atoms with van der Waals surface area (Å²) >= 11 is 1.27. The van der Waals surface area contributed by atoms with Crippen molar-refractivity contribution >= 4 is 22.9 Å². The molecule has 2 aromatic carbocycles. The summed E-state index contributed by atoms with van der Waals surface area (Å²) in [6.45, 7) is 8.16. The van der Waals surface area contributed by atoms with Crippen molar-refractivity contribution in [2.75, 3.05) is 39.5 Å². The Bertz CT molecular complexity index is 841. The lowest BCUT2D eigenvalue weighted by molar-refractivity contribution is -0.109. The summed E-state index contributed by atoms with van der Waals surface area (Å²) < 4.78 is 0.